The molecule has 1 aromatic rings. The van der Waals surface area contributed by atoms with E-state index in [4.69, 9.17) is 4.74 Å². The number of hydrogen-bond donors (Lipinski definition) is 2. The van der Waals surface area contributed by atoms with E-state index in [2.05, 4.69) is 33.5 Å². The molecule has 2 N–H and O–H groups in total. The molecule has 3 atom stereocenters. The molecule has 1 heterocycles. The van der Waals surface area contributed by atoms with Gasteiger partial charge in [0.05, 0.1) is 4.47 Å². The largest absolute Gasteiger partial charge is 0.480 e. The lowest BCUT2D eigenvalue weighted by atomic mass is 9.95. The Morgan fingerprint density at radius 3 is 2.95 bits per heavy atom. The van der Waals surface area contributed by atoms with Gasteiger partial charge in [-0.1, -0.05) is 19.1 Å². The van der Waals surface area contributed by atoms with E-state index in [9.17, 15) is 4.79 Å². The molecule has 20 heavy (non-hydrogen) atoms. The van der Waals surface area contributed by atoms with Crippen LogP contribution in [0.4, 0.5) is 0 Å². The maximum Gasteiger partial charge on any atom is 0.261 e. The highest BCUT2D eigenvalue weighted by atomic mass is 79.9. The molecular weight excluding hydrogens is 320 g/mol. The number of benzene rings is 1. The fourth-order valence-electron chi connectivity index (χ4n) is 2.31. The van der Waals surface area contributed by atoms with Crippen LogP contribution in [0.3, 0.4) is 0 Å². The van der Waals surface area contributed by atoms with Crippen LogP contribution < -0.4 is 15.4 Å². The topological polar surface area (TPSA) is 50.4 Å². The van der Waals surface area contributed by atoms with Gasteiger partial charge in [-0.15, -0.1) is 0 Å². The van der Waals surface area contributed by atoms with Crippen molar-refractivity contribution in [2.45, 2.75) is 32.4 Å². The average Bonchev–Trinajstić information content (AvgIpc) is 2.43. The first-order chi connectivity index (χ1) is 9.58. The predicted molar refractivity (Wildman–Crippen MR) is 82.8 cm³/mol. The van der Waals surface area contributed by atoms with Crippen molar-refractivity contribution in [2.75, 3.05) is 13.1 Å². The van der Waals surface area contributed by atoms with Gasteiger partial charge in [-0.2, -0.15) is 0 Å². The number of piperidine rings is 1. The van der Waals surface area contributed by atoms with Crippen LogP contribution in [0.2, 0.25) is 0 Å². The minimum Gasteiger partial charge on any atom is -0.480 e. The molecule has 0 aromatic heterocycles. The van der Waals surface area contributed by atoms with Crippen molar-refractivity contribution in [3.63, 3.8) is 0 Å². The van der Waals surface area contributed by atoms with Crippen LogP contribution in [0.1, 0.15) is 20.3 Å². The van der Waals surface area contributed by atoms with Gasteiger partial charge in [-0.05, 0) is 60.4 Å². The van der Waals surface area contributed by atoms with Crippen molar-refractivity contribution in [3.05, 3.63) is 28.7 Å². The monoisotopic (exact) mass is 340 g/mol. The maximum absolute atomic E-state index is 12.2. The van der Waals surface area contributed by atoms with Crippen LogP contribution in [-0.4, -0.2) is 31.1 Å². The number of amides is 1. The summed E-state index contributed by atoms with van der Waals surface area (Å²) in [4.78, 5) is 12.2. The third-order valence-corrected chi connectivity index (χ3v) is 4.28. The van der Waals surface area contributed by atoms with Gasteiger partial charge < -0.3 is 15.4 Å². The van der Waals surface area contributed by atoms with Gasteiger partial charge in [0, 0.05) is 6.04 Å². The Kier molecular flexibility index (Phi) is 5.43. The van der Waals surface area contributed by atoms with E-state index in [1.54, 1.807) is 6.92 Å². The summed E-state index contributed by atoms with van der Waals surface area (Å²) in [6, 6.07) is 7.78. The highest BCUT2D eigenvalue weighted by Crippen LogP contribution is 2.24. The Balaban J connectivity index is 1.90. The minimum atomic E-state index is -0.504. The van der Waals surface area contributed by atoms with E-state index < -0.39 is 6.10 Å². The van der Waals surface area contributed by atoms with E-state index in [0.29, 0.717) is 11.7 Å². The molecular formula is C15H21BrN2O2. The van der Waals surface area contributed by atoms with Gasteiger partial charge in [0.1, 0.15) is 5.75 Å². The Bertz CT molecular complexity index is 467. The van der Waals surface area contributed by atoms with Crippen LogP contribution in [0.15, 0.2) is 28.7 Å². The van der Waals surface area contributed by atoms with E-state index in [-0.39, 0.29) is 11.9 Å². The van der Waals surface area contributed by atoms with Crippen LogP contribution >= 0.6 is 15.9 Å². The molecule has 1 aliphatic rings. The fourth-order valence-corrected chi connectivity index (χ4v) is 2.69. The van der Waals surface area contributed by atoms with Crippen LogP contribution in [0, 0.1) is 5.92 Å². The zero-order valence-electron chi connectivity index (χ0n) is 11.9. The summed E-state index contributed by atoms with van der Waals surface area (Å²) < 4.78 is 6.57. The normalized spacial score (nSPS) is 23.9. The first-order valence-corrected chi connectivity index (χ1v) is 7.79. The number of carbonyl (C=O) groups excluding carboxylic acids is 1. The van der Waals surface area contributed by atoms with Crippen molar-refractivity contribution >= 4 is 21.8 Å². The molecule has 2 rings (SSSR count). The van der Waals surface area contributed by atoms with E-state index in [0.717, 1.165) is 24.0 Å². The SMILES string of the molecule is CC(Oc1ccccc1Br)C(=O)NC1CCNCC1C. The fraction of sp³-hybridized carbons (Fsp3) is 0.533. The zero-order valence-corrected chi connectivity index (χ0v) is 13.4. The van der Waals surface area contributed by atoms with Gasteiger partial charge >= 0.3 is 0 Å². The Morgan fingerprint density at radius 2 is 2.25 bits per heavy atom. The van der Waals surface area contributed by atoms with Crippen LogP contribution in [0.25, 0.3) is 0 Å². The van der Waals surface area contributed by atoms with E-state index in [1.165, 1.54) is 0 Å². The number of rotatable bonds is 4. The standard InChI is InChI=1S/C15H21BrN2O2/c1-10-9-17-8-7-13(10)18-15(19)11(2)20-14-6-4-3-5-12(14)16/h3-6,10-11,13,17H,7-9H2,1-2H3,(H,18,19). The van der Waals surface area contributed by atoms with Crippen molar-refractivity contribution in [2.24, 2.45) is 5.92 Å². The molecule has 0 saturated carbocycles. The predicted octanol–water partition coefficient (Wildman–Crippen LogP) is 2.33. The molecule has 110 valence electrons. The molecule has 1 aliphatic heterocycles. The summed E-state index contributed by atoms with van der Waals surface area (Å²) in [5.74, 6) is 1.08. The Labute approximate surface area is 128 Å². The third kappa shape index (κ3) is 3.96. The van der Waals surface area contributed by atoms with Crippen LogP contribution in [-0.2, 0) is 4.79 Å². The molecule has 3 unspecified atom stereocenters. The van der Waals surface area contributed by atoms with Crippen molar-refractivity contribution in [3.8, 4) is 5.75 Å². The molecule has 0 radical (unpaired) electrons. The van der Waals surface area contributed by atoms with Crippen LogP contribution in [0.5, 0.6) is 5.75 Å². The summed E-state index contributed by atoms with van der Waals surface area (Å²) in [5, 5.41) is 6.41. The van der Waals surface area contributed by atoms with Gasteiger partial charge in [0.25, 0.3) is 5.91 Å². The highest BCUT2D eigenvalue weighted by molar-refractivity contribution is 9.10. The van der Waals surface area contributed by atoms with E-state index >= 15 is 0 Å². The van der Waals surface area contributed by atoms with Gasteiger partial charge in [0.15, 0.2) is 6.10 Å². The molecule has 1 saturated heterocycles. The first kappa shape index (κ1) is 15.3. The first-order valence-electron chi connectivity index (χ1n) is 7.00. The highest BCUT2D eigenvalue weighted by Gasteiger charge is 2.25. The van der Waals surface area contributed by atoms with Crippen molar-refractivity contribution in [1.82, 2.24) is 10.6 Å². The molecule has 1 fully saturated rings. The lowest BCUT2D eigenvalue weighted by Gasteiger charge is -2.31. The summed E-state index contributed by atoms with van der Waals surface area (Å²) >= 11 is 3.42. The zero-order chi connectivity index (χ0) is 14.5. The second-order valence-electron chi connectivity index (χ2n) is 5.28. The smallest absolute Gasteiger partial charge is 0.261 e. The summed E-state index contributed by atoms with van der Waals surface area (Å²) in [5.41, 5.74) is 0. The van der Waals surface area contributed by atoms with Gasteiger partial charge in [-0.3, -0.25) is 4.79 Å². The third-order valence-electron chi connectivity index (χ3n) is 3.62. The van der Waals surface area contributed by atoms with Crippen molar-refractivity contribution < 1.29 is 9.53 Å². The molecule has 0 spiro atoms. The number of ether oxygens (including phenoxy) is 1. The number of nitrogens with one attached hydrogen (secondary N) is 2. The van der Waals surface area contributed by atoms with E-state index in [1.807, 2.05) is 24.3 Å². The molecule has 5 heteroatoms. The average molecular weight is 341 g/mol. The molecule has 0 bridgehead atoms. The second-order valence-corrected chi connectivity index (χ2v) is 6.13. The lowest BCUT2D eigenvalue weighted by molar-refractivity contribution is -0.128. The number of carbonyl (C=O) groups is 1. The summed E-state index contributed by atoms with van der Waals surface area (Å²) in [7, 11) is 0. The van der Waals surface area contributed by atoms with Gasteiger partial charge in [-0.25, -0.2) is 0 Å². The molecule has 0 aliphatic carbocycles. The van der Waals surface area contributed by atoms with Crippen molar-refractivity contribution in [1.29, 1.82) is 0 Å². The lowest BCUT2D eigenvalue weighted by Crippen LogP contribution is -2.51. The van der Waals surface area contributed by atoms with Gasteiger partial charge in [0.2, 0.25) is 0 Å². The summed E-state index contributed by atoms with van der Waals surface area (Å²) in [6.07, 6.45) is 0.463. The number of hydrogen-bond acceptors (Lipinski definition) is 3. The number of para-hydroxylation sites is 1. The molecule has 4 nitrogen and oxygen atoms in total. The maximum atomic E-state index is 12.2. The molecule has 1 aromatic carbocycles. The minimum absolute atomic E-state index is 0.0560. The second kappa shape index (κ2) is 7.09. The summed E-state index contributed by atoms with van der Waals surface area (Å²) in [6.45, 7) is 5.83. The Hall–Kier alpha value is -1.07. The Morgan fingerprint density at radius 1 is 1.50 bits per heavy atom. The quantitative estimate of drug-likeness (QED) is 0.884. The number of halogens is 1. The molecule has 1 amide bonds.